The number of fused-ring (bicyclic) bond motifs is 1. The first-order valence-electron chi connectivity index (χ1n) is 9.85. The Morgan fingerprint density at radius 3 is 2.48 bits per heavy atom. The van der Waals surface area contributed by atoms with Crippen LogP contribution in [-0.4, -0.2) is 51.4 Å². The van der Waals surface area contributed by atoms with Gasteiger partial charge >= 0.3 is 0 Å². The lowest BCUT2D eigenvalue weighted by molar-refractivity contribution is -0.117. The van der Waals surface area contributed by atoms with Gasteiger partial charge in [0.05, 0.1) is 4.90 Å². The second kappa shape index (κ2) is 7.80. The predicted molar refractivity (Wildman–Crippen MR) is 114 cm³/mol. The van der Waals surface area contributed by atoms with Crippen LogP contribution in [0.1, 0.15) is 17.5 Å². The van der Waals surface area contributed by atoms with Gasteiger partial charge in [0, 0.05) is 50.5 Å². The average Bonchev–Trinajstić information content (AvgIpc) is 3.16. The van der Waals surface area contributed by atoms with Crippen LogP contribution < -0.4 is 9.80 Å². The smallest absolute Gasteiger partial charge is 0.243 e. The quantitative estimate of drug-likeness (QED) is 0.776. The molecule has 152 valence electrons. The molecule has 0 N–H and O–H groups in total. The zero-order valence-electron chi connectivity index (χ0n) is 16.5. The molecule has 0 unspecified atom stereocenters. The van der Waals surface area contributed by atoms with E-state index in [0.717, 1.165) is 16.9 Å². The number of carbonyl (C=O) groups is 1. The minimum Gasteiger partial charge on any atom is -0.369 e. The Bertz CT molecular complexity index is 1030. The van der Waals surface area contributed by atoms with Crippen molar-refractivity contribution >= 4 is 27.3 Å². The van der Waals surface area contributed by atoms with Gasteiger partial charge in [-0.05, 0) is 61.7 Å². The summed E-state index contributed by atoms with van der Waals surface area (Å²) in [5, 5.41) is 0. The molecule has 2 radical (unpaired) electrons. The van der Waals surface area contributed by atoms with Gasteiger partial charge in [-0.3, -0.25) is 4.79 Å². The minimum atomic E-state index is -3.56. The van der Waals surface area contributed by atoms with Crippen LogP contribution in [0.15, 0.2) is 47.4 Å². The second-order valence-electron chi connectivity index (χ2n) is 7.52. The molecule has 1 fully saturated rings. The van der Waals surface area contributed by atoms with Crippen LogP contribution in [0.25, 0.3) is 0 Å². The molecule has 1 saturated heterocycles. The van der Waals surface area contributed by atoms with Gasteiger partial charge < -0.3 is 9.80 Å². The lowest BCUT2D eigenvalue weighted by Gasteiger charge is -2.35. The molecule has 2 aliphatic rings. The van der Waals surface area contributed by atoms with Crippen molar-refractivity contribution in [2.75, 3.05) is 42.5 Å². The fraction of sp³-hybridized carbons (Fsp3) is 0.364. The van der Waals surface area contributed by atoms with Gasteiger partial charge in [0.2, 0.25) is 15.9 Å². The molecule has 0 aromatic heterocycles. The number of hydrogen-bond donors (Lipinski definition) is 0. The SMILES string of the molecule is [CH]CC(=O)N1CCc2cc(S(=O)(=O)N3CCN(c4cccc(C)c4)CC3)ccc21. The van der Waals surface area contributed by atoms with Gasteiger partial charge in [0.25, 0.3) is 0 Å². The highest BCUT2D eigenvalue weighted by Crippen LogP contribution is 2.32. The monoisotopic (exact) mass is 411 g/mol. The maximum absolute atomic E-state index is 13.2. The summed E-state index contributed by atoms with van der Waals surface area (Å²) in [5.41, 5.74) is 3.97. The van der Waals surface area contributed by atoms with Crippen molar-refractivity contribution in [1.82, 2.24) is 4.31 Å². The Hall–Kier alpha value is -2.38. The van der Waals surface area contributed by atoms with Crippen molar-refractivity contribution < 1.29 is 13.2 Å². The number of hydrogen-bond acceptors (Lipinski definition) is 4. The van der Waals surface area contributed by atoms with Gasteiger partial charge in [0.1, 0.15) is 0 Å². The Morgan fingerprint density at radius 2 is 1.79 bits per heavy atom. The normalized spacial score (nSPS) is 17.4. The van der Waals surface area contributed by atoms with Gasteiger partial charge in [0.15, 0.2) is 0 Å². The number of anilines is 2. The summed E-state index contributed by atoms with van der Waals surface area (Å²) in [6.07, 6.45) is 0.594. The van der Waals surface area contributed by atoms with Crippen LogP contribution in [0.2, 0.25) is 0 Å². The molecule has 29 heavy (non-hydrogen) atoms. The number of benzene rings is 2. The van der Waals surface area contributed by atoms with E-state index < -0.39 is 10.0 Å². The molecule has 1 amide bonds. The van der Waals surface area contributed by atoms with Crippen LogP contribution in [0.5, 0.6) is 0 Å². The lowest BCUT2D eigenvalue weighted by Crippen LogP contribution is -2.48. The Kier molecular flexibility index (Phi) is 5.36. The molecule has 2 aromatic rings. The minimum absolute atomic E-state index is 0.0509. The largest absolute Gasteiger partial charge is 0.369 e. The zero-order chi connectivity index (χ0) is 20.6. The Balaban J connectivity index is 1.49. The highest BCUT2D eigenvalue weighted by atomic mass is 32.2. The van der Waals surface area contributed by atoms with Crippen LogP contribution in [0.4, 0.5) is 11.4 Å². The number of sulfonamides is 1. The van der Waals surface area contributed by atoms with Crippen molar-refractivity contribution in [2.24, 2.45) is 0 Å². The van der Waals surface area contributed by atoms with E-state index in [2.05, 4.69) is 30.0 Å². The maximum atomic E-state index is 13.2. The molecular formula is C22H25N3O3S. The summed E-state index contributed by atoms with van der Waals surface area (Å²) in [4.78, 5) is 16.1. The van der Waals surface area contributed by atoms with Crippen molar-refractivity contribution in [1.29, 1.82) is 0 Å². The van der Waals surface area contributed by atoms with E-state index in [1.54, 1.807) is 27.4 Å². The molecule has 0 bridgehead atoms. The van der Waals surface area contributed by atoms with Gasteiger partial charge in [-0.1, -0.05) is 12.1 Å². The van der Waals surface area contributed by atoms with Crippen molar-refractivity contribution in [3.63, 3.8) is 0 Å². The highest BCUT2D eigenvalue weighted by Gasteiger charge is 2.31. The summed E-state index contributed by atoms with van der Waals surface area (Å²) in [5.74, 6) is -0.147. The van der Waals surface area contributed by atoms with Crippen LogP contribution in [0, 0.1) is 13.8 Å². The van der Waals surface area contributed by atoms with Crippen LogP contribution in [-0.2, 0) is 21.2 Å². The van der Waals surface area contributed by atoms with E-state index in [4.69, 9.17) is 6.92 Å². The topological polar surface area (TPSA) is 60.9 Å². The second-order valence-corrected chi connectivity index (χ2v) is 9.46. The molecule has 0 atom stereocenters. The standard InChI is InChI=1S/C22H25N3O3S/c1-3-22(26)25-10-9-18-16-20(7-8-21(18)25)29(27,28)24-13-11-23(12-14-24)19-6-4-5-17(2)15-19/h1,4-8,15-16H,3,9-14H2,2H3. The lowest BCUT2D eigenvalue weighted by atomic mass is 10.2. The van der Waals surface area contributed by atoms with Crippen molar-refractivity contribution in [3.05, 3.63) is 60.5 Å². The summed E-state index contributed by atoms with van der Waals surface area (Å²) < 4.78 is 27.9. The van der Waals surface area contributed by atoms with Crippen molar-refractivity contribution in [3.8, 4) is 0 Å². The van der Waals surface area contributed by atoms with Gasteiger partial charge in [-0.15, -0.1) is 0 Å². The number of aryl methyl sites for hydroxylation is 1. The van der Waals surface area contributed by atoms with E-state index in [-0.39, 0.29) is 12.3 Å². The third-order valence-electron chi connectivity index (χ3n) is 5.67. The predicted octanol–water partition coefficient (Wildman–Crippen LogP) is 2.50. The Morgan fingerprint density at radius 1 is 1.03 bits per heavy atom. The fourth-order valence-corrected chi connectivity index (χ4v) is 5.54. The zero-order valence-corrected chi connectivity index (χ0v) is 17.4. The summed E-state index contributed by atoms with van der Waals surface area (Å²) in [6.45, 7) is 10.3. The number of amides is 1. The number of piperazine rings is 1. The fourth-order valence-electron chi connectivity index (χ4n) is 4.07. The molecule has 7 heteroatoms. The highest BCUT2D eigenvalue weighted by molar-refractivity contribution is 7.89. The first-order valence-corrected chi connectivity index (χ1v) is 11.3. The number of nitrogens with zero attached hydrogens (tertiary/aromatic N) is 3. The summed E-state index contributed by atoms with van der Waals surface area (Å²) in [6, 6.07) is 13.3. The summed E-state index contributed by atoms with van der Waals surface area (Å²) in [7, 11) is -3.56. The van der Waals surface area contributed by atoms with Crippen LogP contribution in [0.3, 0.4) is 0 Å². The van der Waals surface area contributed by atoms with E-state index in [1.807, 2.05) is 6.07 Å². The molecule has 0 spiro atoms. The third-order valence-corrected chi connectivity index (χ3v) is 7.56. The summed E-state index contributed by atoms with van der Waals surface area (Å²) >= 11 is 0. The van der Waals surface area contributed by atoms with E-state index in [9.17, 15) is 13.2 Å². The number of carbonyl (C=O) groups excluding carboxylic acids is 1. The van der Waals surface area contributed by atoms with Gasteiger partial charge in [-0.25, -0.2) is 8.42 Å². The van der Waals surface area contributed by atoms with E-state index >= 15 is 0 Å². The molecule has 0 saturated carbocycles. The first-order chi connectivity index (χ1) is 13.9. The number of rotatable bonds is 4. The molecule has 4 rings (SSSR count). The van der Waals surface area contributed by atoms with Crippen molar-refractivity contribution in [2.45, 2.75) is 24.7 Å². The van der Waals surface area contributed by atoms with E-state index in [1.165, 1.54) is 5.56 Å². The molecule has 2 aliphatic heterocycles. The first kappa shape index (κ1) is 19.9. The maximum Gasteiger partial charge on any atom is 0.243 e. The molecule has 2 aromatic carbocycles. The molecule has 2 heterocycles. The molecular weight excluding hydrogens is 386 g/mol. The van der Waals surface area contributed by atoms with Crippen LogP contribution >= 0.6 is 0 Å². The average molecular weight is 412 g/mol. The Labute approximate surface area is 172 Å². The molecule has 6 nitrogen and oxygen atoms in total. The molecule has 0 aliphatic carbocycles. The third kappa shape index (κ3) is 3.76. The van der Waals surface area contributed by atoms with Gasteiger partial charge in [-0.2, -0.15) is 4.31 Å². The van der Waals surface area contributed by atoms with E-state index in [0.29, 0.717) is 44.0 Å².